The lowest BCUT2D eigenvalue weighted by atomic mass is 10.0. The van der Waals surface area contributed by atoms with Gasteiger partial charge in [-0.3, -0.25) is 0 Å². The molecule has 0 spiro atoms. The Morgan fingerprint density at radius 2 is 0.593 bits per heavy atom. The Kier molecular flexibility index (Phi) is 9.55. The molecule has 0 N–H and O–H groups in total. The van der Waals surface area contributed by atoms with Crippen LogP contribution in [0.3, 0.4) is 0 Å². The van der Waals surface area contributed by atoms with E-state index in [1.807, 2.05) is 12.1 Å². The van der Waals surface area contributed by atoms with Crippen molar-refractivity contribution in [3.05, 3.63) is 279 Å². The molecule has 86 heavy (non-hydrogen) atoms. The van der Waals surface area contributed by atoms with Crippen molar-refractivity contribution in [2.45, 2.75) is 0 Å². The van der Waals surface area contributed by atoms with Crippen LogP contribution in [0.15, 0.2) is 282 Å². The zero-order valence-corrected chi connectivity index (χ0v) is 46.0. The minimum atomic E-state index is 0.497. The molecule has 0 amide bonds. The van der Waals surface area contributed by atoms with E-state index in [1.54, 1.807) is 0 Å². The Balaban J connectivity index is 1.07. The first-order valence-electron chi connectivity index (χ1n) is 29.1. The Bertz CT molecular complexity index is 5680. The number of rotatable bonds is 6. The monoisotopic (exact) mass is 1100 g/mol. The van der Waals surface area contributed by atoms with Crippen LogP contribution in [0.5, 0.6) is 0 Å². The zero-order chi connectivity index (χ0) is 56.3. The van der Waals surface area contributed by atoms with Crippen LogP contribution in [-0.4, -0.2) is 18.3 Å². The maximum Gasteiger partial charge on any atom is 0.145 e. The quantitative estimate of drug-likeness (QED) is 0.167. The number of para-hydroxylation sites is 6. The number of benzene rings is 13. The molecular weight excluding hydrogens is 1050 g/mol. The molecule has 398 valence electrons. The van der Waals surface area contributed by atoms with E-state index in [-0.39, 0.29) is 0 Å². The van der Waals surface area contributed by atoms with Gasteiger partial charge in [0.2, 0.25) is 0 Å². The maximum absolute atomic E-state index is 12.9. The molecule has 0 aliphatic heterocycles. The van der Waals surface area contributed by atoms with Gasteiger partial charge in [-0.15, -0.1) is 0 Å². The van der Waals surface area contributed by atoms with Crippen molar-refractivity contribution < 1.29 is 8.83 Å². The maximum atomic E-state index is 12.9. The first kappa shape index (κ1) is 46.7. The SMILES string of the molecule is N#Cc1c(-n2c3ccccc3c3ccccc32)c(-n2c3ccc(-c4ccccc4)cc3c3c4oc5ccccc5c4ccc32)cc(-n2c3ccc(-c4ccccc4)cc3c3c4oc5ccccc5c4ccc32)c1-n1c2ccccc2c2ccccc21. The predicted molar refractivity (Wildman–Crippen MR) is 354 cm³/mol. The fraction of sp³-hybridized carbons (Fsp3) is 0. The summed E-state index contributed by atoms with van der Waals surface area (Å²) in [5.74, 6) is 0. The van der Waals surface area contributed by atoms with E-state index in [2.05, 4.69) is 285 Å². The van der Waals surface area contributed by atoms with E-state index in [0.29, 0.717) is 5.56 Å². The van der Waals surface area contributed by atoms with Gasteiger partial charge in [0.1, 0.15) is 34.0 Å². The molecule has 19 aromatic rings. The second kappa shape index (κ2) is 17.6. The predicted octanol–water partition coefficient (Wildman–Crippen LogP) is 21.1. The summed E-state index contributed by atoms with van der Waals surface area (Å²) in [6.45, 7) is 0. The van der Waals surface area contributed by atoms with E-state index in [1.165, 1.54) is 0 Å². The van der Waals surface area contributed by atoms with E-state index in [9.17, 15) is 5.26 Å². The summed E-state index contributed by atoms with van der Waals surface area (Å²) in [5.41, 5.74) is 19.0. The Labute approximate surface area is 490 Å². The van der Waals surface area contributed by atoms with E-state index in [0.717, 1.165) is 176 Å². The molecule has 0 saturated heterocycles. The molecule has 7 nitrogen and oxygen atoms in total. The number of aromatic nitrogens is 4. The third-order valence-corrected chi connectivity index (χ3v) is 18.2. The lowest BCUT2D eigenvalue weighted by molar-refractivity contribution is 0.672. The van der Waals surface area contributed by atoms with Crippen LogP contribution < -0.4 is 0 Å². The summed E-state index contributed by atoms with van der Waals surface area (Å²) < 4.78 is 23.7. The molecule has 0 aliphatic carbocycles. The third-order valence-electron chi connectivity index (χ3n) is 18.2. The number of hydrogen-bond acceptors (Lipinski definition) is 3. The van der Waals surface area contributed by atoms with Crippen LogP contribution in [0.1, 0.15) is 5.56 Å². The van der Waals surface area contributed by atoms with E-state index < -0.39 is 0 Å². The van der Waals surface area contributed by atoms with Crippen LogP contribution in [-0.2, 0) is 0 Å². The molecule has 0 bridgehead atoms. The van der Waals surface area contributed by atoms with Gasteiger partial charge in [0.25, 0.3) is 0 Å². The number of nitriles is 1. The number of fused-ring (bicyclic) bond motifs is 20. The molecular formula is C79H45N5O2. The average Bonchev–Trinajstić information content (AvgIpc) is 3.68. The standard InChI is InChI=1S/C79H45N5O2/c80-46-61-76(83-62-29-13-7-23-51(62)52-24-8-14-30-63(52)83)70(81-66-39-35-49(47-19-3-1-4-20-47)43-59(66)74-68(81)41-37-57-55-27-11-17-33-72(55)85-78(57)74)45-71(77(61)84-64-31-15-9-25-53(64)54-26-10-16-32-65(54)84)82-67-40-36-50(48-21-5-2-6-22-48)44-60(67)75-69(82)42-38-58-56-28-12-18-34-73(56)86-79(58)75/h1-45H. The molecule has 6 heterocycles. The summed E-state index contributed by atoms with van der Waals surface area (Å²) in [7, 11) is 0. The Hall–Kier alpha value is -11.9. The molecule has 13 aromatic carbocycles. The first-order valence-corrected chi connectivity index (χ1v) is 29.1. The van der Waals surface area contributed by atoms with Gasteiger partial charge >= 0.3 is 0 Å². The minimum Gasteiger partial charge on any atom is -0.455 e. The van der Waals surface area contributed by atoms with Crippen LogP contribution in [0.4, 0.5) is 0 Å². The van der Waals surface area contributed by atoms with Crippen molar-refractivity contribution in [1.82, 2.24) is 18.3 Å². The summed E-state index contributed by atoms with van der Waals surface area (Å²) >= 11 is 0. The Morgan fingerprint density at radius 1 is 0.256 bits per heavy atom. The lowest BCUT2D eigenvalue weighted by Crippen LogP contribution is -2.13. The molecule has 0 atom stereocenters. The van der Waals surface area contributed by atoms with Crippen molar-refractivity contribution in [2.24, 2.45) is 0 Å². The van der Waals surface area contributed by atoms with Crippen LogP contribution in [0, 0.1) is 11.3 Å². The number of nitrogens with zero attached hydrogens (tertiary/aromatic N) is 5. The summed E-state index contributed by atoms with van der Waals surface area (Å²) in [6, 6.07) is 100. The van der Waals surface area contributed by atoms with Crippen LogP contribution in [0.25, 0.3) is 176 Å². The molecule has 0 aliphatic rings. The highest BCUT2D eigenvalue weighted by molar-refractivity contribution is 6.26. The van der Waals surface area contributed by atoms with Crippen molar-refractivity contribution in [3.63, 3.8) is 0 Å². The van der Waals surface area contributed by atoms with Gasteiger partial charge in [0, 0.05) is 53.9 Å². The summed E-state index contributed by atoms with van der Waals surface area (Å²) in [4.78, 5) is 0. The third kappa shape index (κ3) is 6.33. The van der Waals surface area contributed by atoms with Gasteiger partial charge in [-0.25, -0.2) is 0 Å². The summed E-state index contributed by atoms with van der Waals surface area (Å²) in [5, 5.41) is 25.5. The van der Waals surface area contributed by atoms with Crippen molar-refractivity contribution in [2.75, 3.05) is 0 Å². The van der Waals surface area contributed by atoms with Crippen LogP contribution in [0.2, 0.25) is 0 Å². The highest BCUT2D eigenvalue weighted by Crippen LogP contribution is 2.50. The lowest BCUT2D eigenvalue weighted by Gasteiger charge is -2.25. The van der Waals surface area contributed by atoms with Crippen molar-refractivity contribution >= 4 is 131 Å². The Morgan fingerprint density at radius 3 is 0.988 bits per heavy atom. The molecule has 19 rings (SSSR count). The smallest absolute Gasteiger partial charge is 0.145 e. The van der Waals surface area contributed by atoms with Gasteiger partial charge in [0.05, 0.1) is 77.7 Å². The fourth-order valence-electron chi connectivity index (χ4n) is 14.6. The molecule has 0 unspecified atom stereocenters. The number of furan rings is 2. The molecule has 6 aromatic heterocycles. The second-order valence-corrected chi connectivity index (χ2v) is 22.6. The van der Waals surface area contributed by atoms with Crippen LogP contribution >= 0.6 is 0 Å². The molecule has 0 saturated carbocycles. The summed E-state index contributed by atoms with van der Waals surface area (Å²) in [6.07, 6.45) is 0. The van der Waals surface area contributed by atoms with Crippen molar-refractivity contribution in [1.29, 1.82) is 5.26 Å². The highest BCUT2D eigenvalue weighted by atomic mass is 16.3. The molecule has 7 heteroatoms. The largest absolute Gasteiger partial charge is 0.455 e. The van der Waals surface area contributed by atoms with Gasteiger partial charge < -0.3 is 27.1 Å². The van der Waals surface area contributed by atoms with E-state index in [4.69, 9.17) is 8.83 Å². The molecule has 0 radical (unpaired) electrons. The number of hydrogen-bond donors (Lipinski definition) is 0. The average molecular weight is 1100 g/mol. The first-order chi connectivity index (χ1) is 42.7. The second-order valence-electron chi connectivity index (χ2n) is 22.6. The normalized spacial score (nSPS) is 12.2. The van der Waals surface area contributed by atoms with Gasteiger partial charge in [0.15, 0.2) is 0 Å². The molecule has 0 fully saturated rings. The van der Waals surface area contributed by atoms with Gasteiger partial charge in [-0.2, -0.15) is 5.26 Å². The van der Waals surface area contributed by atoms with Gasteiger partial charge in [-0.1, -0.05) is 182 Å². The topological polar surface area (TPSA) is 69.8 Å². The van der Waals surface area contributed by atoms with Gasteiger partial charge in [-0.05, 0) is 113 Å². The zero-order valence-electron chi connectivity index (χ0n) is 46.0. The van der Waals surface area contributed by atoms with Crippen molar-refractivity contribution in [3.8, 4) is 51.1 Å². The minimum absolute atomic E-state index is 0.497. The van der Waals surface area contributed by atoms with E-state index >= 15 is 0 Å². The highest BCUT2D eigenvalue weighted by Gasteiger charge is 2.32. The fourth-order valence-corrected chi connectivity index (χ4v) is 14.6.